The van der Waals surface area contributed by atoms with Gasteiger partial charge in [-0.25, -0.2) is 4.98 Å². The van der Waals surface area contributed by atoms with Gasteiger partial charge in [0, 0.05) is 17.4 Å². The van der Waals surface area contributed by atoms with E-state index in [0.29, 0.717) is 12.0 Å². The number of hydrogen-bond donors (Lipinski definition) is 1. The van der Waals surface area contributed by atoms with Crippen molar-refractivity contribution in [2.45, 2.75) is 71.3 Å². The van der Waals surface area contributed by atoms with Gasteiger partial charge in [0.1, 0.15) is 5.52 Å². The quantitative estimate of drug-likeness (QED) is 0.884. The van der Waals surface area contributed by atoms with E-state index in [1.807, 2.05) is 0 Å². The Bertz CT molecular complexity index is 760. The molecule has 1 saturated heterocycles. The average molecular weight is 312 g/mol. The Balaban J connectivity index is 1.90. The molecule has 1 N–H and O–H groups in total. The molecule has 4 rings (SSSR count). The van der Waals surface area contributed by atoms with Crippen molar-refractivity contribution in [1.29, 1.82) is 0 Å². The zero-order valence-corrected chi connectivity index (χ0v) is 15.0. The minimum absolute atomic E-state index is 0.209. The molecule has 2 aromatic rings. The molecule has 1 aliphatic carbocycles. The molecule has 23 heavy (non-hydrogen) atoms. The molecule has 1 aliphatic heterocycles. The van der Waals surface area contributed by atoms with Gasteiger partial charge in [-0.1, -0.05) is 34.6 Å². The summed E-state index contributed by atoms with van der Waals surface area (Å²) in [5.74, 6) is 1.27. The van der Waals surface area contributed by atoms with E-state index in [0.717, 1.165) is 36.4 Å². The minimum Gasteiger partial charge on any atom is -0.440 e. The topological polar surface area (TPSA) is 38.1 Å². The first-order valence-electron chi connectivity index (χ1n) is 9.04. The zero-order valence-electron chi connectivity index (χ0n) is 15.0. The van der Waals surface area contributed by atoms with Crippen LogP contribution in [0.25, 0.3) is 11.1 Å². The van der Waals surface area contributed by atoms with Crippen LogP contribution >= 0.6 is 0 Å². The van der Waals surface area contributed by atoms with E-state index in [1.165, 1.54) is 17.5 Å². The first kappa shape index (κ1) is 15.2. The maximum atomic E-state index is 6.06. The average Bonchev–Trinajstić information content (AvgIpc) is 2.91. The van der Waals surface area contributed by atoms with Gasteiger partial charge in [-0.15, -0.1) is 0 Å². The number of piperidine rings is 1. The van der Waals surface area contributed by atoms with Gasteiger partial charge in [0.2, 0.25) is 0 Å². The van der Waals surface area contributed by atoms with Gasteiger partial charge in [0.15, 0.2) is 11.5 Å². The van der Waals surface area contributed by atoms with Gasteiger partial charge in [-0.05, 0) is 54.5 Å². The van der Waals surface area contributed by atoms with Crippen LogP contribution in [0.4, 0.5) is 0 Å². The van der Waals surface area contributed by atoms with E-state index in [2.05, 4.69) is 52.1 Å². The first-order valence-corrected chi connectivity index (χ1v) is 9.04. The van der Waals surface area contributed by atoms with Crippen LogP contribution in [0, 0.1) is 5.41 Å². The van der Waals surface area contributed by atoms with Crippen LogP contribution in [0.15, 0.2) is 16.5 Å². The normalized spacial score (nSPS) is 30.2. The molecular formula is C20H28N2O. The maximum Gasteiger partial charge on any atom is 0.198 e. The predicted octanol–water partition coefficient (Wildman–Crippen LogP) is 4.54. The molecule has 124 valence electrons. The molecule has 3 nitrogen and oxygen atoms in total. The lowest BCUT2D eigenvalue weighted by molar-refractivity contribution is 0.0561. The number of hydrogen-bond acceptors (Lipinski definition) is 3. The second-order valence-corrected chi connectivity index (χ2v) is 8.35. The second-order valence-electron chi connectivity index (χ2n) is 8.35. The third-order valence-electron chi connectivity index (χ3n) is 6.99. The van der Waals surface area contributed by atoms with Crippen molar-refractivity contribution in [3.63, 3.8) is 0 Å². The summed E-state index contributed by atoms with van der Waals surface area (Å²) in [6.07, 6.45) is 3.33. The van der Waals surface area contributed by atoms with Crippen LogP contribution in [0.2, 0.25) is 0 Å². The molecule has 0 spiro atoms. The predicted molar refractivity (Wildman–Crippen MR) is 94.0 cm³/mol. The molecule has 1 aromatic carbocycles. The fraction of sp³-hybridized carbons (Fsp3) is 0.650. The lowest BCUT2D eigenvalue weighted by atomic mass is 9.51. The van der Waals surface area contributed by atoms with Crippen LogP contribution in [-0.4, -0.2) is 17.6 Å². The van der Waals surface area contributed by atoms with Gasteiger partial charge in [-0.3, -0.25) is 0 Å². The lowest BCUT2D eigenvalue weighted by Crippen LogP contribution is -2.62. The van der Waals surface area contributed by atoms with Crippen LogP contribution in [-0.2, 0) is 11.8 Å². The van der Waals surface area contributed by atoms with Gasteiger partial charge in [0.05, 0.1) is 0 Å². The maximum absolute atomic E-state index is 6.06. The number of benzene rings is 1. The summed E-state index contributed by atoms with van der Waals surface area (Å²) in [7, 11) is 0. The van der Waals surface area contributed by atoms with Crippen molar-refractivity contribution < 1.29 is 4.42 Å². The van der Waals surface area contributed by atoms with Crippen molar-refractivity contribution in [2.24, 2.45) is 5.41 Å². The van der Waals surface area contributed by atoms with Gasteiger partial charge >= 0.3 is 0 Å². The molecule has 0 saturated carbocycles. The fourth-order valence-electron chi connectivity index (χ4n) is 4.59. The summed E-state index contributed by atoms with van der Waals surface area (Å²) < 4.78 is 6.06. The Morgan fingerprint density at radius 1 is 1.35 bits per heavy atom. The Morgan fingerprint density at radius 2 is 2.13 bits per heavy atom. The lowest BCUT2D eigenvalue weighted by Gasteiger charge is -2.57. The summed E-state index contributed by atoms with van der Waals surface area (Å²) in [4.78, 5) is 4.79. The van der Waals surface area contributed by atoms with E-state index < -0.39 is 0 Å². The Hall–Kier alpha value is -1.35. The van der Waals surface area contributed by atoms with Crippen LogP contribution in [0.1, 0.15) is 70.4 Å². The molecule has 3 atom stereocenters. The Kier molecular flexibility index (Phi) is 3.19. The van der Waals surface area contributed by atoms with Gasteiger partial charge in [0.25, 0.3) is 0 Å². The number of fused-ring (bicyclic) bond motifs is 5. The highest BCUT2D eigenvalue weighted by atomic mass is 16.3. The molecule has 0 amide bonds. The molecule has 2 heterocycles. The van der Waals surface area contributed by atoms with Crippen molar-refractivity contribution >= 4 is 11.1 Å². The minimum atomic E-state index is 0.209. The monoisotopic (exact) mass is 312 g/mol. The second kappa shape index (κ2) is 4.83. The van der Waals surface area contributed by atoms with E-state index >= 15 is 0 Å². The van der Waals surface area contributed by atoms with Crippen molar-refractivity contribution in [2.75, 3.05) is 6.54 Å². The standard InChI is InChI=1S/C20H28N2O/c1-6-12(2)18-22-15-11-14-13(9-16(15)23-18)10-17-19(3,4)20(14,5)7-8-21-17/h9,11-12,17,21H,6-8,10H2,1-5H3/t12?,17-,20+/m1/s1. The summed E-state index contributed by atoms with van der Waals surface area (Å²) in [5.41, 5.74) is 5.41. The molecule has 1 fully saturated rings. The summed E-state index contributed by atoms with van der Waals surface area (Å²) in [5, 5.41) is 3.74. The first-order chi connectivity index (χ1) is 10.9. The fourth-order valence-corrected chi connectivity index (χ4v) is 4.59. The highest BCUT2D eigenvalue weighted by Crippen LogP contribution is 2.54. The van der Waals surface area contributed by atoms with Crippen LogP contribution < -0.4 is 5.32 Å². The molecule has 0 radical (unpaired) electrons. The van der Waals surface area contributed by atoms with Crippen molar-refractivity contribution in [3.05, 3.63) is 29.2 Å². The summed E-state index contributed by atoms with van der Waals surface area (Å²) >= 11 is 0. The Labute approximate surface area is 138 Å². The summed E-state index contributed by atoms with van der Waals surface area (Å²) in [6, 6.07) is 5.13. The number of oxazole rings is 1. The number of nitrogens with zero attached hydrogens (tertiary/aromatic N) is 1. The van der Waals surface area contributed by atoms with Crippen LogP contribution in [0.3, 0.4) is 0 Å². The number of aromatic nitrogens is 1. The van der Waals surface area contributed by atoms with E-state index in [1.54, 1.807) is 0 Å². The zero-order chi connectivity index (χ0) is 16.4. The van der Waals surface area contributed by atoms with Crippen molar-refractivity contribution in [3.8, 4) is 0 Å². The van der Waals surface area contributed by atoms with E-state index in [4.69, 9.17) is 9.40 Å². The number of rotatable bonds is 2. The van der Waals surface area contributed by atoms with Crippen LogP contribution in [0.5, 0.6) is 0 Å². The van der Waals surface area contributed by atoms with E-state index in [9.17, 15) is 0 Å². The highest BCUT2D eigenvalue weighted by Gasteiger charge is 2.53. The highest BCUT2D eigenvalue weighted by molar-refractivity contribution is 5.76. The molecular weight excluding hydrogens is 284 g/mol. The SMILES string of the molecule is CCC(C)c1nc2cc3c(cc2o1)C[C@H]1NCC[C@]3(C)C1(C)C. The third kappa shape index (κ3) is 1.95. The van der Waals surface area contributed by atoms with Crippen molar-refractivity contribution in [1.82, 2.24) is 10.3 Å². The summed E-state index contributed by atoms with van der Waals surface area (Å²) in [6.45, 7) is 12.8. The van der Waals surface area contributed by atoms with Gasteiger partial charge in [-0.2, -0.15) is 0 Å². The smallest absolute Gasteiger partial charge is 0.198 e. The third-order valence-corrected chi connectivity index (χ3v) is 6.99. The number of nitrogens with one attached hydrogen (secondary N) is 1. The molecule has 2 bridgehead atoms. The largest absolute Gasteiger partial charge is 0.440 e. The molecule has 3 heteroatoms. The molecule has 1 aromatic heterocycles. The molecule has 1 unspecified atom stereocenters. The Morgan fingerprint density at radius 3 is 2.87 bits per heavy atom. The molecule has 2 aliphatic rings. The van der Waals surface area contributed by atoms with E-state index in [-0.39, 0.29) is 10.8 Å². The van der Waals surface area contributed by atoms with Gasteiger partial charge < -0.3 is 9.73 Å².